The minimum Gasteiger partial charge on any atom is -0.493 e. The molecule has 0 amide bonds. The highest BCUT2D eigenvalue weighted by atomic mass is 16.6. The fourth-order valence-electron chi connectivity index (χ4n) is 3.21. The lowest BCUT2D eigenvalue weighted by Crippen LogP contribution is -1.99. The van der Waals surface area contributed by atoms with Crippen LogP contribution in [0.4, 0.5) is 5.69 Å². The maximum absolute atomic E-state index is 10.9. The van der Waals surface area contributed by atoms with E-state index in [4.69, 9.17) is 9.47 Å². The Hall–Kier alpha value is -4.64. The fraction of sp³-hybridized carbons (Fsp3) is 0.0833. The molecule has 3 aromatic carbocycles. The molecule has 1 aromatic heterocycles. The number of aromatic amines is 1. The summed E-state index contributed by atoms with van der Waals surface area (Å²) in [5.74, 6) is 1.45. The fourth-order valence-corrected chi connectivity index (χ4v) is 3.21. The molecular weight excluding hydrogens is 408 g/mol. The number of nitro groups is 1. The van der Waals surface area contributed by atoms with E-state index >= 15 is 0 Å². The number of para-hydroxylation sites is 2. The zero-order valence-electron chi connectivity index (χ0n) is 17.1. The van der Waals surface area contributed by atoms with Crippen LogP contribution >= 0.6 is 0 Å². The number of allylic oxidation sites excluding steroid dienone is 1. The van der Waals surface area contributed by atoms with Gasteiger partial charge < -0.3 is 14.5 Å². The second-order valence-corrected chi connectivity index (χ2v) is 6.90. The zero-order valence-corrected chi connectivity index (χ0v) is 17.1. The largest absolute Gasteiger partial charge is 0.493 e. The van der Waals surface area contributed by atoms with Crippen LogP contribution in [0.5, 0.6) is 11.5 Å². The summed E-state index contributed by atoms with van der Waals surface area (Å²) >= 11 is 0. The third kappa shape index (κ3) is 4.42. The van der Waals surface area contributed by atoms with Gasteiger partial charge >= 0.3 is 0 Å². The molecule has 0 saturated carbocycles. The van der Waals surface area contributed by atoms with Gasteiger partial charge in [-0.2, -0.15) is 5.26 Å². The molecule has 8 heteroatoms. The summed E-state index contributed by atoms with van der Waals surface area (Å²) in [4.78, 5) is 18.1. The predicted octanol–water partition coefficient (Wildman–Crippen LogP) is 5.12. The molecule has 0 aliphatic rings. The van der Waals surface area contributed by atoms with Crippen molar-refractivity contribution in [3.05, 3.63) is 93.8 Å². The van der Waals surface area contributed by atoms with Crippen LogP contribution < -0.4 is 9.47 Å². The maximum atomic E-state index is 10.9. The molecule has 0 fully saturated rings. The van der Waals surface area contributed by atoms with Gasteiger partial charge in [0.05, 0.1) is 28.6 Å². The van der Waals surface area contributed by atoms with Crippen molar-refractivity contribution in [2.24, 2.45) is 0 Å². The van der Waals surface area contributed by atoms with Crippen molar-refractivity contribution in [1.29, 1.82) is 5.26 Å². The first-order valence-electron chi connectivity index (χ1n) is 9.68. The molecular formula is C24H18N4O4. The lowest BCUT2D eigenvalue weighted by atomic mass is 10.1. The number of nitrogens with zero attached hydrogens (tertiary/aromatic N) is 3. The number of nitrogens with one attached hydrogen (secondary N) is 1. The van der Waals surface area contributed by atoms with Gasteiger partial charge in [-0.05, 0) is 41.5 Å². The van der Waals surface area contributed by atoms with Gasteiger partial charge in [0.1, 0.15) is 18.5 Å². The van der Waals surface area contributed by atoms with Gasteiger partial charge in [0.15, 0.2) is 11.5 Å². The monoisotopic (exact) mass is 426 g/mol. The number of nitro benzene ring substituents is 1. The highest BCUT2D eigenvalue weighted by Gasteiger charge is 2.11. The third-order valence-electron chi connectivity index (χ3n) is 4.78. The number of hydrogen-bond acceptors (Lipinski definition) is 6. The number of hydrogen-bond donors (Lipinski definition) is 1. The van der Waals surface area contributed by atoms with Gasteiger partial charge in [-0.15, -0.1) is 0 Å². The minimum absolute atomic E-state index is 0.00756. The van der Waals surface area contributed by atoms with Crippen molar-refractivity contribution in [3.63, 3.8) is 0 Å². The van der Waals surface area contributed by atoms with Crippen molar-refractivity contribution in [1.82, 2.24) is 9.97 Å². The first-order valence-corrected chi connectivity index (χ1v) is 9.68. The van der Waals surface area contributed by atoms with Gasteiger partial charge in [-0.1, -0.05) is 30.3 Å². The summed E-state index contributed by atoms with van der Waals surface area (Å²) in [6, 6.07) is 21.3. The highest BCUT2D eigenvalue weighted by molar-refractivity contribution is 5.90. The van der Waals surface area contributed by atoms with Crippen LogP contribution in [0, 0.1) is 21.4 Å². The van der Waals surface area contributed by atoms with Crippen molar-refractivity contribution in [2.75, 3.05) is 7.11 Å². The first kappa shape index (κ1) is 20.6. The SMILES string of the molecule is COc1cc(C=C(C#N)c2nc3ccccc3[nH]2)ccc1OCc1cccc([N+](=O)[O-])c1. The normalized spacial score (nSPS) is 11.2. The Morgan fingerprint density at radius 3 is 2.75 bits per heavy atom. The molecule has 0 unspecified atom stereocenters. The molecule has 0 bridgehead atoms. The second kappa shape index (κ2) is 9.02. The van der Waals surface area contributed by atoms with E-state index in [9.17, 15) is 15.4 Å². The number of aromatic nitrogens is 2. The number of methoxy groups -OCH3 is 1. The van der Waals surface area contributed by atoms with Crippen LogP contribution in [-0.4, -0.2) is 22.0 Å². The molecule has 8 nitrogen and oxygen atoms in total. The predicted molar refractivity (Wildman–Crippen MR) is 120 cm³/mol. The number of H-pyrrole nitrogens is 1. The molecule has 0 spiro atoms. The summed E-state index contributed by atoms with van der Waals surface area (Å²) in [5.41, 5.74) is 3.43. The Kier molecular flexibility index (Phi) is 5.81. The van der Waals surface area contributed by atoms with Crippen LogP contribution in [0.25, 0.3) is 22.7 Å². The minimum atomic E-state index is -0.444. The number of rotatable bonds is 7. The summed E-state index contributed by atoms with van der Waals surface area (Å²) in [7, 11) is 1.52. The third-order valence-corrected chi connectivity index (χ3v) is 4.78. The maximum Gasteiger partial charge on any atom is 0.269 e. The number of benzene rings is 3. The lowest BCUT2D eigenvalue weighted by molar-refractivity contribution is -0.384. The summed E-state index contributed by atoms with van der Waals surface area (Å²) in [5, 5.41) is 20.6. The smallest absolute Gasteiger partial charge is 0.269 e. The Bertz CT molecular complexity index is 1330. The van der Waals surface area contributed by atoms with Crippen LogP contribution in [0.3, 0.4) is 0 Å². The van der Waals surface area contributed by atoms with E-state index in [1.54, 1.807) is 36.4 Å². The molecule has 0 saturated heterocycles. The first-order chi connectivity index (χ1) is 15.6. The van der Waals surface area contributed by atoms with Crippen LogP contribution in [0.1, 0.15) is 17.0 Å². The number of ether oxygens (including phenoxy) is 2. The quantitative estimate of drug-likeness (QED) is 0.249. The molecule has 0 aliphatic carbocycles. The van der Waals surface area contributed by atoms with E-state index in [-0.39, 0.29) is 12.3 Å². The van der Waals surface area contributed by atoms with Crippen LogP contribution in [-0.2, 0) is 6.61 Å². The van der Waals surface area contributed by atoms with E-state index in [0.29, 0.717) is 28.5 Å². The van der Waals surface area contributed by atoms with Crippen LogP contribution in [0.15, 0.2) is 66.7 Å². The highest BCUT2D eigenvalue weighted by Crippen LogP contribution is 2.30. The van der Waals surface area contributed by atoms with E-state index in [1.807, 2.05) is 24.3 Å². The molecule has 1 N–H and O–H groups in total. The summed E-state index contributed by atoms with van der Waals surface area (Å²) in [6.45, 7) is 0.148. The van der Waals surface area contributed by atoms with E-state index in [2.05, 4.69) is 16.0 Å². The Morgan fingerprint density at radius 2 is 2.00 bits per heavy atom. The molecule has 158 valence electrons. The van der Waals surface area contributed by atoms with Gasteiger partial charge in [0, 0.05) is 12.1 Å². The number of fused-ring (bicyclic) bond motifs is 1. The Balaban J connectivity index is 1.56. The molecule has 1 heterocycles. The molecule has 4 aromatic rings. The average molecular weight is 426 g/mol. The summed E-state index contributed by atoms with van der Waals surface area (Å²) in [6.07, 6.45) is 1.71. The van der Waals surface area contributed by atoms with E-state index < -0.39 is 4.92 Å². The van der Waals surface area contributed by atoms with Crippen LogP contribution in [0.2, 0.25) is 0 Å². The Morgan fingerprint density at radius 1 is 1.16 bits per heavy atom. The molecule has 0 radical (unpaired) electrons. The van der Waals surface area contributed by atoms with Crippen molar-refractivity contribution in [2.45, 2.75) is 6.61 Å². The second-order valence-electron chi connectivity index (χ2n) is 6.90. The standard InChI is InChI=1S/C24H18N4O4/c1-31-23-13-16(11-18(14-25)24-26-20-7-2-3-8-21(20)27-24)9-10-22(23)32-15-17-5-4-6-19(12-17)28(29)30/h2-13H,15H2,1H3,(H,26,27). The molecule has 0 aliphatic heterocycles. The van der Waals surface area contributed by atoms with E-state index in [1.165, 1.54) is 19.2 Å². The number of non-ortho nitro benzene ring substituents is 1. The van der Waals surface area contributed by atoms with Crippen molar-refractivity contribution >= 4 is 28.4 Å². The zero-order chi connectivity index (χ0) is 22.5. The molecule has 0 atom stereocenters. The number of imidazole rings is 1. The van der Waals surface area contributed by atoms with Crippen molar-refractivity contribution in [3.8, 4) is 17.6 Å². The van der Waals surface area contributed by atoms with Gasteiger partial charge in [-0.25, -0.2) is 4.98 Å². The molecule has 4 rings (SSSR count). The van der Waals surface area contributed by atoms with Gasteiger partial charge in [0.2, 0.25) is 0 Å². The van der Waals surface area contributed by atoms with Crippen molar-refractivity contribution < 1.29 is 14.4 Å². The van der Waals surface area contributed by atoms with Gasteiger partial charge in [0.25, 0.3) is 5.69 Å². The average Bonchev–Trinajstić information content (AvgIpc) is 3.25. The molecule has 32 heavy (non-hydrogen) atoms. The van der Waals surface area contributed by atoms with Gasteiger partial charge in [-0.3, -0.25) is 10.1 Å². The summed E-state index contributed by atoms with van der Waals surface area (Å²) < 4.78 is 11.2. The Labute approximate surface area is 183 Å². The van der Waals surface area contributed by atoms with E-state index in [0.717, 1.165) is 16.6 Å². The topological polar surface area (TPSA) is 114 Å². The number of nitriles is 1. The lowest BCUT2D eigenvalue weighted by Gasteiger charge is -2.11.